The Bertz CT molecular complexity index is 790. The van der Waals surface area contributed by atoms with Crippen LogP contribution in [0.15, 0.2) is 29.1 Å². The molecule has 1 aromatic carbocycles. The second-order valence-electron chi connectivity index (χ2n) is 7.25. The normalized spacial score (nSPS) is 18.2. The standard InChI is InChI=1S/C20H26N4O/c1-15-21-19-9-12-23(14-18(19)20(25)22-15)13-16-5-7-17(8-6-16)24-10-3-2-4-11-24/h5-8H,2-4,9-14H2,1H3,(H,21,22,25). The maximum atomic E-state index is 12.2. The third kappa shape index (κ3) is 3.61. The first-order valence-electron chi connectivity index (χ1n) is 9.34. The van der Waals surface area contributed by atoms with E-state index in [4.69, 9.17) is 0 Å². The Hall–Kier alpha value is -2.14. The van der Waals surface area contributed by atoms with Crippen molar-refractivity contribution in [2.24, 2.45) is 0 Å². The van der Waals surface area contributed by atoms with E-state index in [1.165, 1.54) is 43.6 Å². The summed E-state index contributed by atoms with van der Waals surface area (Å²) < 4.78 is 0. The highest BCUT2D eigenvalue weighted by Crippen LogP contribution is 2.22. The van der Waals surface area contributed by atoms with Gasteiger partial charge in [0.2, 0.25) is 0 Å². The van der Waals surface area contributed by atoms with E-state index in [0.29, 0.717) is 12.4 Å². The molecule has 2 aromatic rings. The van der Waals surface area contributed by atoms with Gasteiger partial charge in [-0.1, -0.05) is 12.1 Å². The quantitative estimate of drug-likeness (QED) is 0.935. The van der Waals surface area contributed by atoms with Gasteiger partial charge in [0.1, 0.15) is 5.82 Å². The minimum atomic E-state index is 0.0210. The van der Waals surface area contributed by atoms with Crippen LogP contribution in [-0.2, 0) is 19.5 Å². The van der Waals surface area contributed by atoms with E-state index in [0.717, 1.165) is 30.8 Å². The molecule has 0 radical (unpaired) electrons. The molecule has 1 fully saturated rings. The summed E-state index contributed by atoms with van der Waals surface area (Å²) in [5.74, 6) is 0.713. The van der Waals surface area contributed by atoms with Gasteiger partial charge in [-0.3, -0.25) is 9.69 Å². The Morgan fingerprint density at radius 3 is 2.60 bits per heavy atom. The van der Waals surface area contributed by atoms with Crippen LogP contribution in [0.3, 0.4) is 0 Å². The van der Waals surface area contributed by atoms with E-state index < -0.39 is 0 Å². The van der Waals surface area contributed by atoms with E-state index in [1.807, 2.05) is 6.92 Å². The summed E-state index contributed by atoms with van der Waals surface area (Å²) in [6, 6.07) is 8.96. The fourth-order valence-corrected chi connectivity index (χ4v) is 3.96. The van der Waals surface area contributed by atoms with Crippen LogP contribution in [0.25, 0.3) is 0 Å². The highest BCUT2D eigenvalue weighted by molar-refractivity contribution is 5.47. The van der Waals surface area contributed by atoms with Gasteiger partial charge in [-0.15, -0.1) is 0 Å². The molecule has 2 aliphatic heterocycles. The fraction of sp³-hybridized carbons (Fsp3) is 0.500. The number of rotatable bonds is 3. The fourth-order valence-electron chi connectivity index (χ4n) is 3.96. The zero-order chi connectivity index (χ0) is 17.2. The van der Waals surface area contributed by atoms with E-state index >= 15 is 0 Å². The number of aromatic nitrogens is 2. The Kier molecular flexibility index (Phi) is 4.57. The first-order valence-corrected chi connectivity index (χ1v) is 9.34. The van der Waals surface area contributed by atoms with Crippen LogP contribution in [0.4, 0.5) is 5.69 Å². The zero-order valence-electron chi connectivity index (χ0n) is 14.9. The molecule has 0 atom stereocenters. The summed E-state index contributed by atoms with van der Waals surface area (Å²) in [6.45, 7) is 6.72. The van der Waals surface area contributed by atoms with Gasteiger partial charge >= 0.3 is 0 Å². The molecule has 0 amide bonds. The molecule has 0 bridgehead atoms. The number of fused-ring (bicyclic) bond motifs is 1. The van der Waals surface area contributed by atoms with Gasteiger partial charge in [0.05, 0.1) is 11.3 Å². The zero-order valence-corrected chi connectivity index (χ0v) is 14.9. The molecule has 0 saturated carbocycles. The molecule has 0 unspecified atom stereocenters. The van der Waals surface area contributed by atoms with E-state index in [1.54, 1.807) is 0 Å². The number of piperidine rings is 1. The van der Waals surface area contributed by atoms with Crippen LogP contribution < -0.4 is 10.5 Å². The second kappa shape index (κ2) is 7.00. The lowest BCUT2D eigenvalue weighted by atomic mass is 10.1. The number of aromatic amines is 1. The first-order chi connectivity index (χ1) is 12.2. The van der Waals surface area contributed by atoms with Crippen LogP contribution in [0, 0.1) is 6.92 Å². The summed E-state index contributed by atoms with van der Waals surface area (Å²) in [7, 11) is 0. The molecule has 132 valence electrons. The molecule has 25 heavy (non-hydrogen) atoms. The van der Waals surface area contributed by atoms with Crippen molar-refractivity contribution in [3.63, 3.8) is 0 Å². The molecule has 3 heterocycles. The van der Waals surface area contributed by atoms with Gasteiger partial charge in [-0.05, 0) is 43.9 Å². The van der Waals surface area contributed by atoms with E-state index in [2.05, 4.69) is 44.0 Å². The number of benzene rings is 1. The van der Waals surface area contributed by atoms with Crippen molar-refractivity contribution in [1.82, 2.24) is 14.9 Å². The average Bonchev–Trinajstić information content (AvgIpc) is 2.63. The van der Waals surface area contributed by atoms with E-state index in [9.17, 15) is 4.79 Å². The SMILES string of the molecule is Cc1nc2c(c(=O)[nH]1)CN(Cc1ccc(N3CCCCC3)cc1)CC2. The van der Waals surface area contributed by atoms with Crippen molar-refractivity contribution in [3.8, 4) is 0 Å². The van der Waals surface area contributed by atoms with E-state index in [-0.39, 0.29) is 5.56 Å². The van der Waals surface area contributed by atoms with Gasteiger partial charge in [0, 0.05) is 44.8 Å². The number of hydrogen-bond acceptors (Lipinski definition) is 4. The highest BCUT2D eigenvalue weighted by atomic mass is 16.1. The summed E-state index contributed by atoms with van der Waals surface area (Å²) in [5.41, 5.74) is 4.47. The van der Waals surface area contributed by atoms with Crippen molar-refractivity contribution in [2.75, 3.05) is 24.5 Å². The van der Waals surface area contributed by atoms with Crippen LogP contribution in [0.2, 0.25) is 0 Å². The molecule has 1 aromatic heterocycles. The van der Waals surface area contributed by atoms with Crippen molar-refractivity contribution < 1.29 is 0 Å². The maximum absolute atomic E-state index is 12.2. The summed E-state index contributed by atoms with van der Waals surface area (Å²) in [5, 5.41) is 0. The number of aryl methyl sites for hydroxylation is 1. The number of nitrogens with one attached hydrogen (secondary N) is 1. The average molecular weight is 338 g/mol. The van der Waals surface area contributed by atoms with Gasteiger partial charge < -0.3 is 9.88 Å². The smallest absolute Gasteiger partial charge is 0.255 e. The topological polar surface area (TPSA) is 52.2 Å². The van der Waals surface area contributed by atoms with Crippen LogP contribution in [-0.4, -0.2) is 34.5 Å². The van der Waals surface area contributed by atoms with Crippen LogP contribution in [0.5, 0.6) is 0 Å². The number of hydrogen-bond donors (Lipinski definition) is 1. The summed E-state index contributed by atoms with van der Waals surface area (Å²) in [6.07, 6.45) is 4.82. The van der Waals surface area contributed by atoms with Crippen molar-refractivity contribution >= 4 is 5.69 Å². The molecule has 0 aliphatic carbocycles. The molecule has 5 heteroatoms. The monoisotopic (exact) mass is 338 g/mol. The predicted molar refractivity (Wildman–Crippen MR) is 99.9 cm³/mol. The van der Waals surface area contributed by atoms with Crippen LogP contribution in [0.1, 0.15) is 41.9 Å². The minimum Gasteiger partial charge on any atom is -0.372 e. The Morgan fingerprint density at radius 1 is 1.08 bits per heavy atom. The number of nitrogens with zero attached hydrogens (tertiary/aromatic N) is 3. The number of H-pyrrole nitrogens is 1. The van der Waals surface area contributed by atoms with Gasteiger partial charge in [-0.25, -0.2) is 4.98 Å². The third-order valence-corrected chi connectivity index (χ3v) is 5.33. The molecule has 0 spiro atoms. The Morgan fingerprint density at radius 2 is 1.84 bits per heavy atom. The predicted octanol–water partition coefficient (Wildman–Crippen LogP) is 2.63. The second-order valence-corrected chi connectivity index (χ2v) is 7.25. The molecule has 1 saturated heterocycles. The van der Waals surface area contributed by atoms with Crippen LogP contribution >= 0.6 is 0 Å². The lowest BCUT2D eigenvalue weighted by molar-refractivity contribution is 0.241. The Labute approximate surface area is 148 Å². The van der Waals surface area contributed by atoms with Crippen molar-refractivity contribution in [3.05, 3.63) is 57.3 Å². The molecular weight excluding hydrogens is 312 g/mol. The number of anilines is 1. The lowest BCUT2D eigenvalue weighted by Gasteiger charge is -2.30. The van der Waals surface area contributed by atoms with Crippen molar-refractivity contribution in [2.45, 2.75) is 45.7 Å². The van der Waals surface area contributed by atoms with Gasteiger partial charge in [0.25, 0.3) is 5.56 Å². The molecule has 1 N–H and O–H groups in total. The maximum Gasteiger partial charge on any atom is 0.255 e. The molecule has 4 rings (SSSR count). The summed E-state index contributed by atoms with van der Waals surface area (Å²) >= 11 is 0. The highest BCUT2D eigenvalue weighted by Gasteiger charge is 2.20. The molecular formula is C20H26N4O. The largest absolute Gasteiger partial charge is 0.372 e. The Balaban J connectivity index is 1.43. The van der Waals surface area contributed by atoms with Crippen molar-refractivity contribution in [1.29, 1.82) is 0 Å². The molecule has 2 aliphatic rings. The summed E-state index contributed by atoms with van der Waals surface area (Å²) in [4.78, 5) is 24.3. The first kappa shape index (κ1) is 16.3. The lowest BCUT2D eigenvalue weighted by Crippen LogP contribution is -2.35. The minimum absolute atomic E-state index is 0.0210. The molecule has 5 nitrogen and oxygen atoms in total. The van der Waals surface area contributed by atoms with Gasteiger partial charge in [0.15, 0.2) is 0 Å². The third-order valence-electron chi connectivity index (χ3n) is 5.33. The van der Waals surface area contributed by atoms with Gasteiger partial charge in [-0.2, -0.15) is 0 Å².